The van der Waals surface area contributed by atoms with Gasteiger partial charge in [0.1, 0.15) is 5.84 Å². The molecule has 1 fully saturated rings. The van der Waals surface area contributed by atoms with Crippen molar-refractivity contribution in [3.63, 3.8) is 0 Å². The van der Waals surface area contributed by atoms with Crippen LogP contribution in [0.3, 0.4) is 0 Å². The Labute approximate surface area is 79.2 Å². The number of piperidine rings is 1. The molecule has 13 heavy (non-hydrogen) atoms. The fourth-order valence-corrected chi connectivity index (χ4v) is 1.59. The smallest absolute Gasteiger partial charge is 0.108 e. The largest absolute Gasteiger partial charge is 0.390 e. The van der Waals surface area contributed by atoms with Crippen molar-refractivity contribution >= 4 is 5.84 Å². The molecule has 1 unspecified atom stereocenters. The molecule has 0 amide bonds. The topological polar surface area (TPSA) is 73.3 Å². The molecular weight excluding hydrogens is 166 g/mol. The van der Waals surface area contributed by atoms with E-state index in [-0.39, 0.29) is 11.9 Å². The van der Waals surface area contributed by atoms with Gasteiger partial charge in [-0.2, -0.15) is 0 Å². The molecule has 1 aliphatic rings. The van der Waals surface area contributed by atoms with Gasteiger partial charge in [-0.25, -0.2) is 0 Å². The zero-order chi connectivity index (χ0) is 10.1. The molecule has 1 saturated heterocycles. The Morgan fingerprint density at radius 3 is 2.38 bits per heavy atom. The molecule has 0 aromatic heterocycles. The van der Waals surface area contributed by atoms with Crippen molar-refractivity contribution in [1.82, 2.24) is 4.90 Å². The minimum atomic E-state index is -0.521. The summed E-state index contributed by atoms with van der Waals surface area (Å²) in [4.78, 5) is 2.14. The fourth-order valence-electron chi connectivity index (χ4n) is 1.59. The highest BCUT2D eigenvalue weighted by Crippen LogP contribution is 2.22. The second-order valence-electron chi connectivity index (χ2n) is 4.16. The van der Waals surface area contributed by atoms with Crippen LogP contribution in [0.25, 0.3) is 0 Å². The molecule has 0 spiro atoms. The molecule has 76 valence electrons. The lowest BCUT2D eigenvalue weighted by Gasteiger charge is -2.38. The zero-order valence-electron chi connectivity index (χ0n) is 8.38. The average molecular weight is 185 g/mol. The van der Waals surface area contributed by atoms with Gasteiger partial charge in [-0.05, 0) is 26.7 Å². The number of hydrogen-bond acceptors (Lipinski definition) is 3. The van der Waals surface area contributed by atoms with E-state index in [1.807, 2.05) is 13.8 Å². The highest BCUT2D eigenvalue weighted by molar-refractivity contribution is 5.82. The van der Waals surface area contributed by atoms with E-state index in [1.165, 1.54) is 0 Å². The summed E-state index contributed by atoms with van der Waals surface area (Å²) in [6.45, 7) is 5.45. The van der Waals surface area contributed by atoms with Crippen LogP contribution < -0.4 is 5.73 Å². The fraction of sp³-hybridized carbons (Fsp3) is 0.889. The first kappa shape index (κ1) is 10.5. The van der Waals surface area contributed by atoms with Gasteiger partial charge < -0.3 is 10.8 Å². The molecule has 4 nitrogen and oxygen atoms in total. The van der Waals surface area contributed by atoms with Crippen molar-refractivity contribution in [2.75, 3.05) is 13.1 Å². The molecular formula is C9H19N3O. The first-order valence-corrected chi connectivity index (χ1v) is 4.73. The molecule has 1 aliphatic heterocycles. The monoisotopic (exact) mass is 185 g/mol. The van der Waals surface area contributed by atoms with Gasteiger partial charge >= 0.3 is 0 Å². The third-order valence-corrected chi connectivity index (χ3v) is 2.87. The van der Waals surface area contributed by atoms with Crippen LogP contribution in [0.4, 0.5) is 0 Å². The number of rotatable bonds is 2. The first-order chi connectivity index (χ1) is 5.92. The predicted octanol–water partition coefficient (Wildman–Crippen LogP) is 0.158. The van der Waals surface area contributed by atoms with E-state index >= 15 is 0 Å². The van der Waals surface area contributed by atoms with Crippen molar-refractivity contribution in [2.45, 2.75) is 38.3 Å². The highest BCUT2D eigenvalue weighted by Gasteiger charge is 2.29. The molecule has 0 saturated carbocycles. The van der Waals surface area contributed by atoms with Crippen LogP contribution in [0.1, 0.15) is 26.7 Å². The van der Waals surface area contributed by atoms with E-state index in [0.29, 0.717) is 0 Å². The molecule has 1 rings (SSSR count). The van der Waals surface area contributed by atoms with Crippen LogP contribution in [0, 0.1) is 5.41 Å². The SMILES string of the molecule is CC(C(=N)N)N1CCC(C)(O)CC1. The van der Waals surface area contributed by atoms with Crippen LogP contribution in [0.2, 0.25) is 0 Å². The summed E-state index contributed by atoms with van der Waals surface area (Å²) in [6.07, 6.45) is 1.54. The number of amidine groups is 1. The lowest BCUT2D eigenvalue weighted by molar-refractivity contribution is -0.00860. The van der Waals surface area contributed by atoms with Gasteiger partial charge in [-0.15, -0.1) is 0 Å². The van der Waals surface area contributed by atoms with Crippen molar-refractivity contribution in [3.8, 4) is 0 Å². The van der Waals surface area contributed by atoms with Crippen LogP contribution in [0.15, 0.2) is 0 Å². The summed E-state index contributed by atoms with van der Waals surface area (Å²) in [5.74, 6) is 0.210. The third-order valence-electron chi connectivity index (χ3n) is 2.87. The Balaban J connectivity index is 2.45. The minimum Gasteiger partial charge on any atom is -0.390 e. The van der Waals surface area contributed by atoms with Crippen molar-refractivity contribution < 1.29 is 5.11 Å². The quantitative estimate of drug-likeness (QED) is 0.424. The molecule has 4 N–H and O–H groups in total. The van der Waals surface area contributed by atoms with Crippen LogP contribution in [-0.4, -0.2) is 40.6 Å². The maximum absolute atomic E-state index is 9.70. The van der Waals surface area contributed by atoms with Gasteiger partial charge in [-0.3, -0.25) is 10.3 Å². The summed E-state index contributed by atoms with van der Waals surface area (Å²) >= 11 is 0. The number of aliphatic hydroxyl groups is 1. The summed E-state index contributed by atoms with van der Waals surface area (Å²) in [7, 11) is 0. The van der Waals surface area contributed by atoms with Gasteiger partial charge in [0.15, 0.2) is 0 Å². The number of nitrogens with one attached hydrogen (secondary N) is 1. The van der Waals surface area contributed by atoms with Gasteiger partial charge in [0.2, 0.25) is 0 Å². The highest BCUT2D eigenvalue weighted by atomic mass is 16.3. The molecule has 1 atom stereocenters. The molecule has 0 radical (unpaired) electrons. The summed E-state index contributed by atoms with van der Waals surface area (Å²) in [5, 5.41) is 17.0. The van der Waals surface area contributed by atoms with Gasteiger partial charge in [0, 0.05) is 13.1 Å². The average Bonchev–Trinajstić information content (AvgIpc) is 2.03. The molecule has 4 heteroatoms. The summed E-state index contributed by atoms with van der Waals surface area (Å²) in [6, 6.07) is 0.0103. The summed E-state index contributed by atoms with van der Waals surface area (Å²) in [5.41, 5.74) is 4.89. The van der Waals surface area contributed by atoms with Crippen LogP contribution >= 0.6 is 0 Å². The van der Waals surface area contributed by atoms with Gasteiger partial charge in [0.05, 0.1) is 11.6 Å². The maximum Gasteiger partial charge on any atom is 0.108 e. The number of likely N-dealkylation sites (tertiary alicyclic amines) is 1. The Kier molecular flexibility index (Phi) is 2.93. The lowest BCUT2D eigenvalue weighted by atomic mass is 9.93. The van der Waals surface area contributed by atoms with E-state index in [2.05, 4.69) is 4.90 Å². The predicted molar refractivity (Wildman–Crippen MR) is 52.8 cm³/mol. The number of nitrogens with two attached hydrogens (primary N) is 1. The lowest BCUT2D eigenvalue weighted by Crippen LogP contribution is -2.50. The molecule has 0 bridgehead atoms. The standard InChI is InChI=1S/C9H19N3O/c1-7(8(10)11)12-5-3-9(2,13)4-6-12/h7,13H,3-6H2,1-2H3,(H3,10,11). The van der Waals surface area contributed by atoms with E-state index in [4.69, 9.17) is 11.1 Å². The van der Waals surface area contributed by atoms with Crippen molar-refractivity contribution in [1.29, 1.82) is 5.41 Å². The van der Waals surface area contributed by atoms with E-state index in [9.17, 15) is 5.11 Å². The second kappa shape index (κ2) is 3.64. The molecule has 1 heterocycles. The van der Waals surface area contributed by atoms with E-state index < -0.39 is 5.60 Å². The Morgan fingerprint density at radius 2 is 2.00 bits per heavy atom. The molecule has 0 aromatic rings. The Bertz CT molecular complexity index is 193. The van der Waals surface area contributed by atoms with E-state index in [0.717, 1.165) is 25.9 Å². The van der Waals surface area contributed by atoms with Crippen LogP contribution in [0.5, 0.6) is 0 Å². The maximum atomic E-state index is 9.70. The second-order valence-corrected chi connectivity index (χ2v) is 4.16. The minimum absolute atomic E-state index is 0.0103. The number of hydrogen-bond donors (Lipinski definition) is 3. The first-order valence-electron chi connectivity index (χ1n) is 4.73. The normalized spacial score (nSPS) is 25.5. The summed E-state index contributed by atoms with van der Waals surface area (Å²) < 4.78 is 0. The zero-order valence-corrected chi connectivity index (χ0v) is 8.38. The van der Waals surface area contributed by atoms with E-state index in [1.54, 1.807) is 0 Å². The van der Waals surface area contributed by atoms with Crippen molar-refractivity contribution in [3.05, 3.63) is 0 Å². The Hall–Kier alpha value is -0.610. The van der Waals surface area contributed by atoms with Gasteiger partial charge in [0.25, 0.3) is 0 Å². The Morgan fingerprint density at radius 1 is 1.54 bits per heavy atom. The molecule has 0 aromatic carbocycles. The molecule has 0 aliphatic carbocycles. The number of nitrogens with zero attached hydrogens (tertiary/aromatic N) is 1. The van der Waals surface area contributed by atoms with Crippen molar-refractivity contribution in [2.24, 2.45) is 5.73 Å². The van der Waals surface area contributed by atoms with Gasteiger partial charge in [-0.1, -0.05) is 0 Å². The third kappa shape index (κ3) is 2.67. The van der Waals surface area contributed by atoms with Crippen LogP contribution in [-0.2, 0) is 0 Å².